The average Bonchev–Trinajstić information content (AvgIpc) is 2.37. The maximum absolute atomic E-state index is 10.6. The zero-order valence-electron chi connectivity index (χ0n) is 12.1. The maximum Gasteiger partial charge on any atom is 0.0795 e. The predicted molar refractivity (Wildman–Crippen MR) is 81.0 cm³/mol. The smallest absolute Gasteiger partial charge is 0.0795 e. The molecule has 4 aliphatic carbocycles. The number of rotatable bonds is 3. The van der Waals surface area contributed by atoms with Gasteiger partial charge in [0, 0.05) is 5.69 Å². The van der Waals surface area contributed by atoms with E-state index in [1.807, 2.05) is 24.3 Å². The summed E-state index contributed by atoms with van der Waals surface area (Å²) in [6.07, 6.45) is 9.15. The van der Waals surface area contributed by atoms with E-state index in [4.69, 9.17) is 5.73 Å². The van der Waals surface area contributed by atoms with Crippen LogP contribution in [0.4, 0.5) is 5.69 Å². The van der Waals surface area contributed by atoms with Crippen molar-refractivity contribution < 1.29 is 5.11 Å². The fourth-order valence-electron chi connectivity index (χ4n) is 5.79. The van der Waals surface area contributed by atoms with E-state index in [-0.39, 0.29) is 6.10 Å². The normalized spacial score (nSPS) is 40.0. The summed E-state index contributed by atoms with van der Waals surface area (Å²) < 4.78 is 0. The minimum Gasteiger partial charge on any atom is -0.399 e. The van der Waals surface area contributed by atoms with E-state index in [0.717, 1.165) is 35.4 Å². The van der Waals surface area contributed by atoms with E-state index in [0.29, 0.717) is 5.41 Å². The van der Waals surface area contributed by atoms with Crippen LogP contribution in [0.3, 0.4) is 0 Å². The van der Waals surface area contributed by atoms with E-state index in [1.165, 1.54) is 38.5 Å². The molecule has 3 N–H and O–H groups in total. The molecule has 4 bridgehead atoms. The Morgan fingerprint density at radius 3 is 2.00 bits per heavy atom. The Balaban J connectivity index is 1.52. The summed E-state index contributed by atoms with van der Waals surface area (Å²) in [5.74, 6) is 2.87. The molecular formula is C18H25NO. The van der Waals surface area contributed by atoms with Crippen molar-refractivity contribution in [1.82, 2.24) is 0 Å². The van der Waals surface area contributed by atoms with Gasteiger partial charge in [-0.05, 0) is 85.8 Å². The molecule has 0 aliphatic heterocycles. The Kier molecular flexibility index (Phi) is 2.85. The number of aliphatic hydroxyl groups is 1. The molecule has 0 amide bonds. The Morgan fingerprint density at radius 2 is 1.50 bits per heavy atom. The molecule has 4 aliphatic rings. The van der Waals surface area contributed by atoms with Crippen molar-refractivity contribution in [3.63, 3.8) is 0 Å². The van der Waals surface area contributed by atoms with Gasteiger partial charge >= 0.3 is 0 Å². The highest BCUT2D eigenvalue weighted by atomic mass is 16.3. The van der Waals surface area contributed by atoms with Crippen molar-refractivity contribution in [2.24, 2.45) is 23.2 Å². The van der Waals surface area contributed by atoms with Gasteiger partial charge in [-0.3, -0.25) is 0 Å². The van der Waals surface area contributed by atoms with Crippen LogP contribution in [0.2, 0.25) is 0 Å². The fourth-order valence-corrected chi connectivity index (χ4v) is 5.79. The fraction of sp³-hybridized carbons (Fsp3) is 0.667. The second-order valence-electron chi connectivity index (χ2n) is 7.80. The molecule has 4 saturated carbocycles. The molecule has 1 aromatic rings. The molecule has 0 spiro atoms. The molecule has 1 atom stereocenters. The molecule has 4 fully saturated rings. The molecule has 0 heterocycles. The number of hydrogen-bond donors (Lipinski definition) is 2. The molecule has 5 rings (SSSR count). The molecule has 1 unspecified atom stereocenters. The van der Waals surface area contributed by atoms with Gasteiger partial charge in [0.2, 0.25) is 0 Å². The molecule has 20 heavy (non-hydrogen) atoms. The highest BCUT2D eigenvalue weighted by molar-refractivity contribution is 5.39. The van der Waals surface area contributed by atoms with Gasteiger partial charge in [0.25, 0.3) is 0 Å². The predicted octanol–water partition coefficient (Wildman–Crippen LogP) is 3.91. The Morgan fingerprint density at radius 1 is 1.00 bits per heavy atom. The Bertz CT molecular complexity index is 457. The van der Waals surface area contributed by atoms with Crippen LogP contribution >= 0.6 is 0 Å². The van der Waals surface area contributed by atoms with Gasteiger partial charge in [0.05, 0.1) is 6.10 Å². The van der Waals surface area contributed by atoms with Crippen LogP contribution in [-0.2, 0) is 0 Å². The van der Waals surface area contributed by atoms with Crippen LogP contribution in [0, 0.1) is 23.2 Å². The molecule has 1 aromatic carbocycles. The topological polar surface area (TPSA) is 46.2 Å². The largest absolute Gasteiger partial charge is 0.399 e. The lowest BCUT2D eigenvalue weighted by Crippen LogP contribution is -2.46. The lowest BCUT2D eigenvalue weighted by molar-refractivity contribution is -0.0764. The lowest BCUT2D eigenvalue weighted by Gasteiger charge is -2.57. The van der Waals surface area contributed by atoms with Crippen LogP contribution in [-0.4, -0.2) is 5.11 Å². The van der Waals surface area contributed by atoms with Gasteiger partial charge in [0.15, 0.2) is 0 Å². The van der Waals surface area contributed by atoms with Crippen molar-refractivity contribution in [2.75, 3.05) is 5.73 Å². The summed E-state index contributed by atoms with van der Waals surface area (Å²) in [4.78, 5) is 0. The highest BCUT2D eigenvalue weighted by Crippen LogP contribution is 2.62. The van der Waals surface area contributed by atoms with Crippen LogP contribution in [0.5, 0.6) is 0 Å². The average molecular weight is 271 g/mol. The molecule has 2 nitrogen and oxygen atoms in total. The standard InChI is InChI=1S/C18H25NO/c19-16-3-1-15(2-4-16)17(20)11-18-8-12-5-13(9-18)7-14(6-12)10-18/h1-4,12-14,17,20H,5-11,19H2. The van der Waals surface area contributed by atoms with Gasteiger partial charge in [-0.15, -0.1) is 0 Å². The maximum atomic E-state index is 10.6. The van der Waals surface area contributed by atoms with Crippen molar-refractivity contribution in [3.8, 4) is 0 Å². The molecule has 2 heteroatoms. The van der Waals surface area contributed by atoms with Gasteiger partial charge in [-0.2, -0.15) is 0 Å². The van der Waals surface area contributed by atoms with E-state index in [9.17, 15) is 5.11 Å². The first-order valence-corrected chi connectivity index (χ1v) is 8.15. The quantitative estimate of drug-likeness (QED) is 0.819. The minimum absolute atomic E-state index is 0.313. The van der Waals surface area contributed by atoms with E-state index in [1.54, 1.807) is 0 Å². The molecule has 0 saturated heterocycles. The van der Waals surface area contributed by atoms with Crippen LogP contribution in [0.25, 0.3) is 0 Å². The summed E-state index contributed by atoms with van der Waals surface area (Å²) in [5.41, 5.74) is 7.98. The van der Waals surface area contributed by atoms with Gasteiger partial charge in [0.1, 0.15) is 0 Å². The third-order valence-corrected chi connectivity index (χ3v) is 6.11. The summed E-state index contributed by atoms with van der Waals surface area (Å²) in [6.45, 7) is 0. The molecule has 0 radical (unpaired) electrons. The monoisotopic (exact) mass is 271 g/mol. The first-order chi connectivity index (χ1) is 9.62. The molecular weight excluding hydrogens is 246 g/mol. The van der Waals surface area contributed by atoms with Gasteiger partial charge in [-0.25, -0.2) is 0 Å². The van der Waals surface area contributed by atoms with Crippen molar-refractivity contribution in [3.05, 3.63) is 29.8 Å². The van der Waals surface area contributed by atoms with Crippen molar-refractivity contribution >= 4 is 5.69 Å². The Labute approximate surface area is 121 Å². The van der Waals surface area contributed by atoms with Crippen LogP contribution < -0.4 is 5.73 Å². The number of nitrogens with two attached hydrogens (primary N) is 1. The molecule has 108 valence electrons. The Hall–Kier alpha value is -1.02. The number of nitrogen functional groups attached to an aromatic ring is 1. The van der Waals surface area contributed by atoms with Crippen LogP contribution in [0.1, 0.15) is 56.6 Å². The zero-order chi connectivity index (χ0) is 13.7. The third-order valence-electron chi connectivity index (χ3n) is 6.11. The SMILES string of the molecule is Nc1ccc(C(O)CC23CC4CC(CC(C4)C2)C3)cc1. The first-order valence-electron chi connectivity index (χ1n) is 8.15. The van der Waals surface area contributed by atoms with E-state index < -0.39 is 0 Å². The number of anilines is 1. The van der Waals surface area contributed by atoms with Crippen LogP contribution in [0.15, 0.2) is 24.3 Å². The van der Waals surface area contributed by atoms with Crippen molar-refractivity contribution in [2.45, 2.75) is 51.0 Å². The summed E-state index contributed by atoms with van der Waals surface area (Å²) in [5, 5.41) is 10.6. The second-order valence-corrected chi connectivity index (χ2v) is 7.80. The lowest BCUT2D eigenvalue weighted by atomic mass is 9.48. The van der Waals surface area contributed by atoms with Gasteiger partial charge in [-0.1, -0.05) is 12.1 Å². The third kappa shape index (κ3) is 2.14. The number of aliphatic hydroxyl groups excluding tert-OH is 1. The second kappa shape index (κ2) is 4.49. The minimum atomic E-state index is -0.313. The summed E-state index contributed by atoms with van der Waals surface area (Å²) in [6, 6.07) is 7.78. The van der Waals surface area contributed by atoms with Gasteiger partial charge < -0.3 is 10.8 Å². The summed E-state index contributed by atoms with van der Waals surface area (Å²) >= 11 is 0. The van der Waals surface area contributed by atoms with E-state index in [2.05, 4.69) is 0 Å². The number of benzene rings is 1. The molecule has 0 aromatic heterocycles. The highest BCUT2D eigenvalue weighted by Gasteiger charge is 2.51. The first kappa shape index (κ1) is 12.7. The summed E-state index contributed by atoms with van der Waals surface area (Å²) in [7, 11) is 0. The zero-order valence-corrected chi connectivity index (χ0v) is 12.1. The van der Waals surface area contributed by atoms with E-state index >= 15 is 0 Å². The van der Waals surface area contributed by atoms with Crippen molar-refractivity contribution in [1.29, 1.82) is 0 Å². The number of hydrogen-bond acceptors (Lipinski definition) is 2.